The zero-order valence-electron chi connectivity index (χ0n) is 45.1. The molecule has 0 saturated carbocycles. The number of hydrogen-bond donors (Lipinski definition) is 10. The third kappa shape index (κ3) is 17.6. The van der Waals surface area contributed by atoms with Gasteiger partial charge >= 0.3 is 0 Å². The maximum atomic E-state index is 14.5. The van der Waals surface area contributed by atoms with E-state index < -0.39 is 77.6 Å². The number of hydrogen-bond acceptors (Lipinski definition) is 17. The van der Waals surface area contributed by atoms with Gasteiger partial charge in [0.1, 0.15) is 36.3 Å². The quantitative estimate of drug-likeness (QED) is 0.0307. The monoisotopic (exact) mass is 1130 g/mol. The molecule has 3 aliphatic rings. The first kappa shape index (κ1) is 62.0. The van der Waals surface area contributed by atoms with E-state index in [1.165, 1.54) is 9.80 Å². The van der Waals surface area contributed by atoms with E-state index in [9.17, 15) is 38.4 Å². The van der Waals surface area contributed by atoms with Crippen LogP contribution in [0.4, 0.5) is 0 Å². The van der Waals surface area contributed by atoms with Gasteiger partial charge in [0.2, 0.25) is 42.2 Å². The molecule has 8 amide bonds. The molecule has 3 aliphatic heterocycles. The first-order valence-electron chi connectivity index (χ1n) is 27.5. The number of nitrogens with one attached hydrogen (secondary N) is 6. The Balaban J connectivity index is 1.22. The van der Waals surface area contributed by atoms with Crippen LogP contribution < -0.4 is 64.3 Å². The predicted octanol–water partition coefficient (Wildman–Crippen LogP) is 0.944. The van der Waals surface area contributed by atoms with Crippen LogP contribution in [0.5, 0.6) is 11.5 Å². The average Bonchev–Trinajstić information content (AvgIpc) is 4.35. The van der Waals surface area contributed by atoms with Gasteiger partial charge in [-0.05, 0) is 140 Å². The minimum absolute atomic E-state index is 0.0186. The minimum atomic E-state index is -1.26. The number of ether oxygens (including phenoxy) is 2. The van der Waals surface area contributed by atoms with Crippen LogP contribution in [0.3, 0.4) is 0 Å². The van der Waals surface area contributed by atoms with Gasteiger partial charge in [0.15, 0.2) is 11.5 Å². The van der Waals surface area contributed by atoms with E-state index in [2.05, 4.69) is 31.9 Å². The van der Waals surface area contributed by atoms with Crippen molar-refractivity contribution in [1.82, 2.24) is 46.7 Å². The van der Waals surface area contributed by atoms with Gasteiger partial charge in [0.05, 0.1) is 16.8 Å². The van der Waals surface area contributed by atoms with Gasteiger partial charge in [-0.2, -0.15) is 0 Å². The third-order valence-corrected chi connectivity index (χ3v) is 16.4. The lowest BCUT2D eigenvalue weighted by molar-refractivity contribution is -0.132. The van der Waals surface area contributed by atoms with Crippen LogP contribution in [0, 0.1) is 0 Å². The molecule has 25 heteroatoms. The van der Waals surface area contributed by atoms with Crippen LogP contribution in [0.2, 0.25) is 0 Å². The maximum absolute atomic E-state index is 14.5. The van der Waals surface area contributed by atoms with Crippen LogP contribution in [-0.4, -0.2) is 169 Å². The second kappa shape index (κ2) is 32.1. The second-order valence-corrected chi connectivity index (χ2v) is 22.2. The maximum Gasteiger partial charge on any atom is 0.256 e. The van der Waals surface area contributed by atoms with E-state index in [-0.39, 0.29) is 56.7 Å². The zero-order valence-corrected chi connectivity index (χ0v) is 46.7. The van der Waals surface area contributed by atoms with Crippen LogP contribution >= 0.6 is 21.6 Å². The molecule has 79 heavy (non-hydrogen) atoms. The molecular weight excluding hydrogens is 1050 g/mol. The number of carbonyl (C=O) groups excluding carboxylic acids is 8. The average molecular weight is 1130 g/mol. The molecule has 23 nitrogen and oxygen atoms in total. The number of carbonyl (C=O) groups is 8. The number of nitrogens with two attached hydrogens (primary N) is 4. The summed E-state index contributed by atoms with van der Waals surface area (Å²) in [7, 11) is 2.26. The molecule has 6 atom stereocenters. The summed E-state index contributed by atoms with van der Waals surface area (Å²) < 4.78 is 10.9. The Morgan fingerprint density at radius 3 is 1.66 bits per heavy atom. The SMILES string of the molecule is CCc1nc2ccccc2cc1C(=O)N1CCC[C@H]1C(=O)N[C@@H](CSSC[C@H](NC(=O)[C@@H]1CCCN1C(=O)c1ccc2c(c1)OCO2)C(=O)N[C@@H](CCCCN)C(=O)NCCCN)C(=O)N[C@@H](CCCCN)C(=O)NCCCN. The van der Waals surface area contributed by atoms with Crippen molar-refractivity contribution >= 4 is 79.7 Å². The standard InChI is InChI=1S/C54H79N13O10S2/c1-2-37-36(29-34-13-3-4-14-38(34)61-37)54(75)67-28-10-18-44(67)52(73)65-42(50(71)63-40(16-6-8-22-56)48(69)60-26-12-24-58)32-79-78-31-41(49(70)62-39(15-5-7-21-55)47(68)59-25-11-23-57)64-51(72)43-17-9-27-66(43)53(74)35-19-20-45-46(30-35)77-33-76-45/h3-4,13-14,19-20,29-30,39-44H,2,5-12,15-18,21-28,31-33,55-58H2,1H3,(H,59,68)(H,60,69)(H,62,70)(H,63,71)(H,64,72)(H,65,73)/t39-,40-,41-,42-,43-,44-/m0/s1. The summed E-state index contributed by atoms with van der Waals surface area (Å²) in [5, 5.41) is 17.9. The summed E-state index contributed by atoms with van der Waals surface area (Å²) in [5.41, 5.74) is 24.9. The molecule has 0 bridgehead atoms. The summed E-state index contributed by atoms with van der Waals surface area (Å²) in [6.45, 7) is 4.53. The highest BCUT2D eigenvalue weighted by Crippen LogP contribution is 2.34. The van der Waals surface area contributed by atoms with Gasteiger partial charge < -0.3 is 74.1 Å². The van der Waals surface area contributed by atoms with Crippen molar-refractivity contribution in [2.75, 3.05) is 70.7 Å². The normalized spacial score (nSPS) is 17.1. The van der Waals surface area contributed by atoms with Crippen LogP contribution in [-0.2, 0) is 35.2 Å². The number of amides is 8. The molecule has 2 saturated heterocycles. The van der Waals surface area contributed by atoms with E-state index >= 15 is 0 Å². The molecule has 3 aromatic rings. The lowest BCUT2D eigenvalue weighted by atomic mass is 10.1. The number of rotatable bonds is 32. The predicted molar refractivity (Wildman–Crippen MR) is 304 cm³/mol. The summed E-state index contributed by atoms with van der Waals surface area (Å²) in [5.74, 6) is -3.36. The second-order valence-electron chi connectivity index (χ2n) is 19.7. The third-order valence-electron chi connectivity index (χ3n) is 14.0. The largest absolute Gasteiger partial charge is 0.454 e. The van der Waals surface area contributed by atoms with Gasteiger partial charge in [-0.25, -0.2) is 0 Å². The Morgan fingerprint density at radius 1 is 0.608 bits per heavy atom. The molecule has 0 aliphatic carbocycles. The lowest BCUT2D eigenvalue weighted by Crippen LogP contribution is -2.57. The molecule has 1 aromatic heterocycles. The first-order chi connectivity index (χ1) is 38.3. The fourth-order valence-corrected chi connectivity index (χ4v) is 11.9. The van der Waals surface area contributed by atoms with Crippen molar-refractivity contribution in [2.45, 2.75) is 127 Å². The Hall–Kier alpha value is -6.25. The topological polar surface area (TPSA) is 351 Å². The Kier molecular flexibility index (Phi) is 25.2. The summed E-state index contributed by atoms with van der Waals surface area (Å²) >= 11 is 0. The lowest BCUT2D eigenvalue weighted by Gasteiger charge is -2.28. The number of nitrogens with zero attached hydrogens (tertiary/aromatic N) is 3. The molecule has 2 aromatic carbocycles. The van der Waals surface area contributed by atoms with Gasteiger partial charge in [-0.1, -0.05) is 46.7 Å². The summed E-state index contributed by atoms with van der Waals surface area (Å²) in [6.07, 6.45) is 5.99. The van der Waals surface area contributed by atoms with Crippen molar-refractivity contribution in [3.8, 4) is 11.5 Å². The molecule has 6 rings (SSSR count). The highest BCUT2D eigenvalue weighted by Gasteiger charge is 2.40. The molecule has 0 spiro atoms. The Labute approximate surface area is 469 Å². The molecule has 0 radical (unpaired) electrons. The molecule has 0 unspecified atom stereocenters. The highest BCUT2D eigenvalue weighted by atomic mass is 33.1. The molecule has 4 heterocycles. The van der Waals surface area contributed by atoms with Gasteiger partial charge in [0.25, 0.3) is 11.8 Å². The van der Waals surface area contributed by atoms with E-state index in [0.29, 0.717) is 132 Å². The molecule has 432 valence electrons. The number of para-hydroxylation sites is 1. The Morgan fingerprint density at radius 2 is 1.13 bits per heavy atom. The number of fused-ring (bicyclic) bond motifs is 2. The van der Waals surface area contributed by atoms with Crippen LogP contribution in [0.15, 0.2) is 48.5 Å². The van der Waals surface area contributed by atoms with E-state index in [1.54, 1.807) is 24.3 Å². The van der Waals surface area contributed by atoms with Crippen LogP contribution in [0.25, 0.3) is 10.9 Å². The molecule has 14 N–H and O–H groups in total. The molecule has 2 fully saturated rings. The Bertz CT molecular complexity index is 2580. The fourth-order valence-electron chi connectivity index (χ4n) is 9.60. The first-order valence-corrected chi connectivity index (χ1v) is 30.0. The number of pyridine rings is 1. The highest BCUT2D eigenvalue weighted by molar-refractivity contribution is 8.76. The van der Waals surface area contributed by atoms with Crippen LogP contribution in [0.1, 0.15) is 110 Å². The fraction of sp³-hybridized carbons (Fsp3) is 0.574. The number of aromatic nitrogens is 1. The molecular formula is C54H79N13O10S2. The van der Waals surface area contributed by atoms with E-state index in [4.69, 9.17) is 37.4 Å². The van der Waals surface area contributed by atoms with Crippen molar-refractivity contribution in [1.29, 1.82) is 0 Å². The van der Waals surface area contributed by atoms with E-state index in [1.807, 2.05) is 31.2 Å². The number of benzene rings is 2. The summed E-state index contributed by atoms with van der Waals surface area (Å²) in [4.78, 5) is 121. The van der Waals surface area contributed by atoms with Gasteiger partial charge in [-0.15, -0.1) is 0 Å². The van der Waals surface area contributed by atoms with Gasteiger partial charge in [0, 0.05) is 48.6 Å². The van der Waals surface area contributed by atoms with Crippen molar-refractivity contribution < 1.29 is 47.8 Å². The van der Waals surface area contributed by atoms with Crippen molar-refractivity contribution in [3.63, 3.8) is 0 Å². The summed E-state index contributed by atoms with van der Waals surface area (Å²) in [6, 6.07) is 7.73. The minimum Gasteiger partial charge on any atom is -0.454 e. The number of aryl methyl sites for hydroxylation is 1. The van der Waals surface area contributed by atoms with Gasteiger partial charge in [-0.3, -0.25) is 43.3 Å². The smallest absolute Gasteiger partial charge is 0.256 e. The van der Waals surface area contributed by atoms with E-state index in [0.717, 1.165) is 32.5 Å². The zero-order chi connectivity index (χ0) is 56.7. The van der Waals surface area contributed by atoms with Crippen molar-refractivity contribution in [2.24, 2.45) is 22.9 Å². The number of unbranched alkanes of at least 4 members (excludes halogenated alkanes) is 2. The number of likely N-dealkylation sites (tertiary alicyclic amines) is 2. The van der Waals surface area contributed by atoms with Crippen molar-refractivity contribution in [3.05, 3.63) is 65.4 Å².